The van der Waals surface area contributed by atoms with E-state index in [4.69, 9.17) is 10.3 Å². The molecule has 3 rings (SSSR count). The molecule has 3 heterocycles. The molecule has 4 nitrogen and oxygen atoms in total. The van der Waals surface area contributed by atoms with E-state index in [9.17, 15) is 0 Å². The number of aromatic nitrogens is 2. The van der Waals surface area contributed by atoms with Gasteiger partial charge in [-0.2, -0.15) is 16.7 Å². The molecule has 2 aliphatic heterocycles. The highest BCUT2D eigenvalue weighted by molar-refractivity contribution is 8.00. The summed E-state index contributed by atoms with van der Waals surface area (Å²) in [6.07, 6.45) is 5.95. The summed E-state index contributed by atoms with van der Waals surface area (Å²) in [6.45, 7) is 0. The fourth-order valence-electron chi connectivity index (χ4n) is 2.55. The van der Waals surface area contributed by atoms with E-state index in [1.165, 1.54) is 19.2 Å². The van der Waals surface area contributed by atoms with E-state index in [1.807, 2.05) is 0 Å². The van der Waals surface area contributed by atoms with Gasteiger partial charge in [0.05, 0.1) is 5.54 Å². The third kappa shape index (κ3) is 1.26. The van der Waals surface area contributed by atoms with E-state index in [-0.39, 0.29) is 5.54 Å². The van der Waals surface area contributed by atoms with Crippen molar-refractivity contribution in [2.24, 2.45) is 5.73 Å². The van der Waals surface area contributed by atoms with Crippen LogP contribution in [-0.2, 0) is 5.54 Å². The van der Waals surface area contributed by atoms with Gasteiger partial charge in [-0.15, -0.1) is 0 Å². The predicted molar refractivity (Wildman–Crippen MR) is 53.8 cm³/mol. The predicted octanol–water partition coefficient (Wildman–Crippen LogP) is 1.28. The number of hydrogen-bond donors (Lipinski definition) is 1. The van der Waals surface area contributed by atoms with Crippen LogP contribution in [0.4, 0.5) is 0 Å². The van der Waals surface area contributed by atoms with Crippen LogP contribution in [0.2, 0.25) is 0 Å². The lowest BCUT2D eigenvalue weighted by molar-refractivity contribution is 0.329. The van der Waals surface area contributed by atoms with E-state index in [2.05, 4.69) is 21.9 Å². The molecule has 1 aromatic rings. The molecule has 0 amide bonds. The van der Waals surface area contributed by atoms with Gasteiger partial charge in [-0.1, -0.05) is 5.16 Å². The molecule has 2 N–H and O–H groups in total. The Bertz CT molecular complexity index is 315. The van der Waals surface area contributed by atoms with E-state index in [0.29, 0.717) is 16.3 Å². The highest BCUT2D eigenvalue weighted by Crippen LogP contribution is 2.49. The first-order chi connectivity index (χ1) is 6.76. The largest absolute Gasteiger partial charge is 0.343 e. The van der Waals surface area contributed by atoms with Crippen molar-refractivity contribution in [1.29, 1.82) is 0 Å². The van der Waals surface area contributed by atoms with Gasteiger partial charge in [0.25, 0.3) is 0 Å². The van der Waals surface area contributed by atoms with Crippen molar-refractivity contribution in [3.63, 3.8) is 0 Å². The topological polar surface area (TPSA) is 64.9 Å². The molecular weight excluding hydrogens is 198 g/mol. The van der Waals surface area contributed by atoms with Crippen molar-refractivity contribution in [3.05, 3.63) is 12.2 Å². The number of nitrogens with two attached hydrogens (primary N) is 1. The summed E-state index contributed by atoms with van der Waals surface area (Å²) in [5.74, 6) is 0.690. The molecule has 2 fully saturated rings. The van der Waals surface area contributed by atoms with Crippen LogP contribution in [0, 0.1) is 0 Å². The minimum absolute atomic E-state index is 0.329. The smallest absolute Gasteiger partial charge is 0.213 e. The molecule has 2 bridgehead atoms. The Hall–Kier alpha value is -0.550. The zero-order chi connectivity index (χ0) is 9.60. The van der Waals surface area contributed by atoms with Crippen molar-refractivity contribution in [2.75, 3.05) is 0 Å². The Morgan fingerprint density at radius 1 is 1.43 bits per heavy atom. The lowest BCUT2D eigenvalue weighted by Gasteiger charge is -2.34. The molecule has 5 heteroatoms. The maximum atomic E-state index is 6.35. The van der Waals surface area contributed by atoms with Gasteiger partial charge in [0.2, 0.25) is 6.39 Å². The zero-order valence-electron chi connectivity index (χ0n) is 7.85. The van der Waals surface area contributed by atoms with Gasteiger partial charge in [-0.25, -0.2) is 0 Å². The molecule has 0 saturated carbocycles. The normalized spacial score (nSPS) is 41.5. The second kappa shape index (κ2) is 2.97. The fourth-order valence-corrected chi connectivity index (χ4v) is 4.42. The molecule has 2 atom stereocenters. The summed E-state index contributed by atoms with van der Waals surface area (Å²) < 4.78 is 4.78. The summed E-state index contributed by atoms with van der Waals surface area (Å²) >= 11 is 2.09. The minimum atomic E-state index is -0.329. The van der Waals surface area contributed by atoms with Crippen molar-refractivity contribution < 1.29 is 4.52 Å². The Labute approximate surface area is 86.6 Å². The van der Waals surface area contributed by atoms with Gasteiger partial charge in [-0.3, -0.25) is 0 Å². The van der Waals surface area contributed by atoms with Crippen LogP contribution < -0.4 is 5.73 Å². The van der Waals surface area contributed by atoms with E-state index in [1.54, 1.807) is 0 Å². The number of rotatable bonds is 1. The summed E-state index contributed by atoms with van der Waals surface area (Å²) in [7, 11) is 0. The SMILES string of the molecule is NC1(c2ncon2)CC2CCC(C1)S2. The van der Waals surface area contributed by atoms with Crippen molar-refractivity contribution >= 4 is 11.8 Å². The monoisotopic (exact) mass is 211 g/mol. The third-order valence-corrected chi connectivity index (χ3v) is 4.76. The van der Waals surface area contributed by atoms with E-state index < -0.39 is 0 Å². The van der Waals surface area contributed by atoms with Crippen LogP contribution in [0.25, 0.3) is 0 Å². The first-order valence-corrected chi connectivity index (χ1v) is 5.92. The molecule has 0 spiro atoms. The Balaban J connectivity index is 1.90. The molecule has 76 valence electrons. The first kappa shape index (κ1) is 8.73. The number of hydrogen-bond acceptors (Lipinski definition) is 5. The van der Waals surface area contributed by atoms with E-state index in [0.717, 1.165) is 12.8 Å². The molecule has 1 aromatic heterocycles. The van der Waals surface area contributed by atoms with E-state index >= 15 is 0 Å². The van der Waals surface area contributed by atoms with Crippen LogP contribution in [0.5, 0.6) is 0 Å². The lowest BCUT2D eigenvalue weighted by atomic mass is 9.90. The average molecular weight is 211 g/mol. The van der Waals surface area contributed by atoms with Gasteiger partial charge >= 0.3 is 0 Å². The zero-order valence-corrected chi connectivity index (χ0v) is 8.67. The van der Waals surface area contributed by atoms with Gasteiger partial charge in [0.1, 0.15) is 0 Å². The molecule has 2 saturated heterocycles. The standard InChI is InChI=1S/C9H13N3OS/c10-9(8-11-5-13-12-8)3-6-1-2-7(4-9)14-6/h5-7H,1-4,10H2. The Morgan fingerprint density at radius 2 is 2.14 bits per heavy atom. The summed E-state index contributed by atoms with van der Waals surface area (Å²) in [6, 6.07) is 0. The van der Waals surface area contributed by atoms with Crippen molar-refractivity contribution in [2.45, 2.75) is 41.7 Å². The number of thioether (sulfide) groups is 1. The van der Waals surface area contributed by atoms with Crippen molar-refractivity contribution in [1.82, 2.24) is 10.1 Å². The average Bonchev–Trinajstić information content (AvgIpc) is 2.75. The second-order valence-electron chi connectivity index (χ2n) is 4.28. The van der Waals surface area contributed by atoms with Gasteiger partial charge in [-0.05, 0) is 25.7 Å². The molecule has 2 aliphatic rings. The molecule has 0 aromatic carbocycles. The maximum Gasteiger partial charge on any atom is 0.213 e. The van der Waals surface area contributed by atoms with Crippen LogP contribution in [0.3, 0.4) is 0 Å². The molecular formula is C9H13N3OS. The number of nitrogens with zero attached hydrogens (tertiary/aromatic N) is 2. The second-order valence-corrected chi connectivity index (χ2v) is 5.88. The molecule has 0 aliphatic carbocycles. The minimum Gasteiger partial charge on any atom is -0.343 e. The molecule has 0 radical (unpaired) electrons. The van der Waals surface area contributed by atoms with Crippen LogP contribution in [0.1, 0.15) is 31.5 Å². The molecule has 14 heavy (non-hydrogen) atoms. The maximum absolute atomic E-state index is 6.35. The first-order valence-electron chi connectivity index (χ1n) is 4.97. The molecule has 2 unspecified atom stereocenters. The van der Waals surface area contributed by atoms with Crippen LogP contribution in [-0.4, -0.2) is 20.6 Å². The van der Waals surface area contributed by atoms with Crippen LogP contribution >= 0.6 is 11.8 Å². The summed E-state index contributed by atoms with van der Waals surface area (Å²) in [4.78, 5) is 4.10. The quantitative estimate of drug-likeness (QED) is 0.758. The highest BCUT2D eigenvalue weighted by Gasteiger charge is 2.45. The summed E-state index contributed by atoms with van der Waals surface area (Å²) in [5, 5.41) is 5.30. The lowest BCUT2D eigenvalue weighted by Crippen LogP contribution is -2.44. The van der Waals surface area contributed by atoms with Gasteiger partial charge in [0, 0.05) is 10.5 Å². The Morgan fingerprint density at radius 3 is 2.71 bits per heavy atom. The summed E-state index contributed by atoms with van der Waals surface area (Å²) in [5.41, 5.74) is 6.02. The van der Waals surface area contributed by atoms with Gasteiger partial charge < -0.3 is 10.3 Å². The third-order valence-electron chi connectivity index (χ3n) is 3.19. The number of fused-ring (bicyclic) bond motifs is 2. The van der Waals surface area contributed by atoms with Crippen molar-refractivity contribution in [3.8, 4) is 0 Å². The van der Waals surface area contributed by atoms with Gasteiger partial charge in [0.15, 0.2) is 5.82 Å². The fraction of sp³-hybridized carbons (Fsp3) is 0.778. The van der Waals surface area contributed by atoms with Crippen LogP contribution in [0.15, 0.2) is 10.9 Å². The highest BCUT2D eigenvalue weighted by atomic mass is 32.2. The Kier molecular flexibility index (Phi) is 1.85.